The molecule has 13 heavy (non-hydrogen) atoms. The first-order valence-corrected chi connectivity index (χ1v) is 3.99. The van der Waals surface area contributed by atoms with Gasteiger partial charge in [0, 0.05) is 7.05 Å². The Balaban J connectivity index is 2.29. The van der Waals surface area contributed by atoms with Crippen molar-refractivity contribution < 1.29 is 0 Å². The fourth-order valence-electron chi connectivity index (χ4n) is 0.911. The number of hydrogen-bond acceptors (Lipinski definition) is 5. The van der Waals surface area contributed by atoms with Crippen LogP contribution in [0.15, 0.2) is 6.33 Å². The van der Waals surface area contributed by atoms with Crippen LogP contribution in [0.1, 0.15) is 5.82 Å². The summed E-state index contributed by atoms with van der Waals surface area (Å²) in [5, 5.41) is 17.5. The van der Waals surface area contributed by atoms with Gasteiger partial charge >= 0.3 is 0 Å². The third kappa shape index (κ3) is 1.47. The maximum atomic E-state index is 4.90. The summed E-state index contributed by atoms with van der Waals surface area (Å²) in [4.78, 5) is 0. The molecule has 0 amide bonds. The fourth-order valence-corrected chi connectivity index (χ4v) is 1.06. The van der Waals surface area contributed by atoms with Gasteiger partial charge in [-0.05, 0) is 12.2 Å². The molecule has 0 atom stereocenters. The Labute approximate surface area is 78.4 Å². The van der Waals surface area contributed by atoms with Crippen molar-refractivity contribution in [3.8, 4) is 0 Å². The summed E-state index contributed by atoms with van der Waals surface area (Å²) in [5.74, 6) is 0.794. The van der Waals surface area contributed by atoms with Gasteiger partial charge in [0.15, 0.2) is 5.82 Å². The highest BCUT2D eigenvalue weighted by atomic mass is 32.1. The van der Waals surface area contributed by atoms with Crippen LogP contribution in [0.2, 0.25) is 0 Å². The van der Waals surface area contributed by atoms with E-state index in [0.717, 1.165) is 5.82 Å². The molecule has 0 spiro atoms. The molecule has 8 heteroatoms. The fraction of sp³-hybridized carbons (Fsp3) is 0.400. The molecule has 0 saturated carbocycles. The van der Waals surface area contributed by atoms with Crippen LogP contribution in [0, 0.1) is 4.77 Å². The molecule has 0 aliphatic rings. The molecule has 2 heterocycles. The second kappa shape index (κ2) is 3.05. The number of hydrogen-bond donors (Lipinski definition) is 1. The molecule has 0 aliphatic heterocycles. The average Bonchev–Trinajstić information content (AvgIpc) is 2.65. The first-order chi connectivity index (χ1) is 6.27. The topological polar surface area (TPSA) is 77.2 Å². The van der Waals surface area contributed by atoms with E-state index in [1.165, 1.54) is 0 Å². The van der Waals surface area contributed by atoms with Crippen LogP contribution in [0.5, 0.6) is 0 Å². The number of rotatable bonds is 2. The van der Waals surface area contributed by atoms with Crippen LogP contribution >= 0.6 is 12.2 Å². The SMILES string of the molecule is Cn1cnnc1Cn1[nH]nnc1=S. The average molecular weight is 197 g/mol. The Kier molecular flexibility index (Phi) is 1.89. The number of tetrazole rings is 1. The van der Waals surface area contributed by atoms with Gasteiger partial charge in [0.25, 0.3) is 0 Å². The van der Waals surface area contributed by atoms with Crippen molar-refractivity contribution in [1.82, 2.24) is 35.0 Å². The lowest BCUT2D eigenvalue weighted by Crippen LogP contribution is -2.07. The van der Waals surface area contributed by atoms with Crippen molar-refractivity contribution in [2.45, 2.75) is 6.54 Å². The first-order valence-electron chi connectivity index (χ1n) is 3.58. The van der Waals surface area contributed by atoms with E-state index in [9.17, 15) is 0 Å². The molecule has 0 radical (unpaired) electrons. The first kappa shape index (κ1) is 8.05. The summed E-state index contributed by atoms with van der Waals surface area (Å²) in [6.07, 6.45) is 1.63. The smallest absolute Gasteiger partial charge is 0.238 e. The minimum Gasteiger partial charge on any atom is -0.319 e. The number of nitrogens with zero attached hydrogens (tertiary/aromatic N) is 6. The van der Waals surface area contributed by atoms with Gasteiger partial charge in [-0.15, -0.1) is 10.2 Å². The van der Waals surface area contributed by atoms with E-state index >= 15 is 0 Å². The van der Waals surface area contributed by atoms with E-state index in [4.69, 9.17) is 12.2 Å². The van der Waals surface area contributed by atoms with Crippen molar-refractivity contribution in [1.29, 1.82) is 0 Å². The molecular weight excluding hydrogens is 190 g/mol. The maximum Gasteiger partial charge on any atom is 0.238 e. The number of aryl methyl sites for hydroxylation is 1. The lowest BCUT2D eigenvalue weighted by Gasteiger charge is -1.98. The van der Waals surface area contributed by atoms with Gasteiger partial charge in [-0.1, -0.05) is 10.3 Å². The van der Waals surface area contributed by atoms with Crippen LogP contribution in [0.25, 0.3) is 0 Å². The summed E-state index contributed by atoms with van der Waals surface area (Å²) < 4.78 is 3.82. The highest BCUT2D eigenvalue weighted by Gasteiger charge is 2.02. The molecule has 1 N–H and O–H groups in total. The summed E-state index contributed by atoms with van der Waals surface area (Å²) in [6.45, 7) is 0.502. The molecule has 7 nitrogen and oxygen atoms in total. The molecule has 68 valence electrons. The number of aromatic nitrogens is 7. The normalized spacial score (nSPS) is 10.5. The quantitative estimate of drug-likeness (QED) is 0.657. The van der Waals surface area contributed by atoms with Gasteiger partial charge in [0.2, 0.25) is 4.77 Å². The largest absolute Gasteiger partial charge is 0.319 e. The van der Waals surface area contributed by atoms with Crippen LogP contribution < -0.4 is 0 Å². The molecule has 2 aromatic rings. The predicted octanol–water partition coefficient (Wildman–Crippen LogP) is -0.488. The Morgan fingerprint density at radius 2 is 2.38 bits per heavy atom. The second-order valence-electron chi connectivity index (χ2n) is 2.53. The molecular formula is C5H7N7S. The van der Waals surface area contributed by atoms with E-state index < -0.39 is 0 Å². The molecule has 0 unspecified atom stereocenters. The summed E-state index contributed by atoms with van der Waals surface area (Å²) in [5.41, 5.74) is 0. The number of aromatic amines is 1. The molecule has 0 saturated heterocycles. The standard InChI is InChI=1S/C5H7N7S/c1-11-3-6-7-4(11)2-12-5(13)8-9-10-12/h3H,2H2,1H3,(H,8,10,13). The zero-order valence-electron chi connectivity index (χ0n) is 6.88. The van der Waals surface area contributed by atoms with Crippen LogP contribution in [-0.4, -0.2) is 35.0 Å². The van der Waals surface area contributed by atoms with Crippen LogP contribution in [-0.2, 0) is 13.6 Å². The van der Waals surface area contributed by atoms with Crippen molar-refractivity contribution >= 4 is 12.2 Å². The van der Waals surface area contributed by atoms with Gasteiger partial charge in [0.1, 0.15) is 12.9 Å². The summed E-state index contributed by atoms with van der Waals surface area (Å²) in [6, 6.07) is 0. The number of nitrogens with one attached hydrogen (secondary N) is 1. The van der Waals surface area contributed by atoms with Crippen LogP contribution in [0.3, 0.4) is 0 Å². The van der Waals surface area contributed by atoms with E-state index in [1.54, 1.807) is 11.0 Å². The lowest BCUT2D eigenvalue weighted by molar-refractivity contribution is 0.600. The monoisotopic (exact) mass is 197 g/mol. The predicted molar refractivity (Wildman–Crippen MR) is 45.3 cm³/mol. The van der Waals surface area contributed by atoms with Crippen molar-refractivity contribution in [2.75, 3.05) is 0 Å². The maximum absolute atomic E-state index is 4.90. The third-order valence-corrected chi connectivity index (χ3v) is 1.94. The Bertz CT molecular complexity index is 451. The van der Waals surface area contributed by atoms with E-state index in [2.05, 4.69) is 25.7 Å². The third-order valence-electron chi connectivity index (χ3n) is 1.64. The summed E-state index contributed by atoms with van der Waals surface area (Å²) in [7, 11) is 1.86. The van der Waals surface area contributed by atoms with Crippen LogP contribution in [0.4, 0.5) is 0 Å². The minimum atomic E-state index is 0.406. The Hall–Kier alpha value is -1.57. The summed E-state index contributed by atoms with van der Waals surface area (Å²) >= 11 is 4.90. The zero-order valence-corrected chi connectivity index (χ0v) is 7.69. The molecule has 2 aromatic heterocycles. The van der Waals surface area contributed by atoms with Gasteiger partial charge in [-0.2, -0.15) is 5.21 Å². The van der Waals surface area contributed by atoms with Crippen molar-refractivity contribution in [3.63, 3.8) is 0 Å². The van der Waals surface area contributed by atoms with Gasteiger partial charge in [-0.3, -0.25) is 0 Å². The molecule has 0 bridgehead atoms. The second-order valence-corrected chi connectivity index (χ2v) is 2.89. The molecule has 0 aromatic carbocycles. The Morgan fingerprint density at radius 1 is 1.54 bits per heavy atom. The van der Waals surface area contributed by atoms with Crippen molar-refractivity contribution in [2.24, 2.45) is 7.05 Å². The van der Waals surface area contributed by atoms with Gasteiger partial charge < -0.3 is 4.57 Å². The lowest BCUT2D eigenvalue weighted by atomic mass is 10.6. The van der Waals surface area contributed by atoms with Gasteiger partial charge in [-0.25, -0.2) is 4.68 Å². The van der Waals surface area contributed by atoms with E-state index in [-0.39, 0.29) is 0 Å². The molecule has 2 rings (SSSR count). The van der Waals surface area contributed by atoms with Gasteiger partial charge in [0.05, 0.1) is 0 Å². The molecule has 0 aliphatic carbocycles. The van der Waals surface area contributed by atoms with E-state index in [1.807, 2.05) is 11.6 Å². The highest BCUT2D eigenvalue weighted by Crippen LogP contribution is 1.94. The highest BCUT2D eigenvalue weighted by molar-refractivity contribution is 7.71. The Morgan fingerprint density at radius 3 is 2.92 bits per heavy atom. The number of H-pyrrole nitrogens is 1. The van der Waals surface area contributed by atoms with Crippen molar-refractivity contribution in [3.05, 3.63) is 16.9 Å². The molecule has 0 fully saturated rings. The minimum absolute atomic E-state index is 0.406. The van der Waals surface area contributed by atoms with E-state index in [0.29, 0.717) is 11.3 Å². The zero-order chi connectivity index (χ0) is 9.26.